The number of aliphatic hydroxyl groups is 1. The van der Waals surface area contributed by atoms with Gasteiger partial charge in [0.05, 0.1) is 7.11 Å². The minimum Gasteiger partial charge on any atom is -0.497 e. The van der Waals surface area contributed by atoms with Gasteiger partial charge in [-0.2, -0.15) is 0 Å². The molecule has 20 heavy (non-hydrogen) atoms. The van der Waals surface area contributed by atoms with Crippen LogP contribution in [0.3, 0.4) is 0 Å². The van der Waals surface area contributed by atoms with Crippen molar-refractivity contribution in [1.82, 2.24) is 0 Å². The number of ether oxygens (including phenoxy) is 2. The van der Waals surface area contributed by atoms with Crippen molar-refractivity contribution < 1.29 is 14.6 Å². The lowest BCUT2D eigenvalue weighted by Crippen LogP contribution is -2.09. The van der Waals surface area contributed by atoms with Gasteiger partial charge in [0.25, 0.3) is 0 Å². The highest BCUT2D eigenvalue weighted by atomic mass is 16.5. The van der Waals surface area contributed by atoms with Crippen LogP contribution in [0, 0.1) is 13.8 Å². The zero-order valence-electron chi connectivity index (χ0n) is 12.1. The molecule has 0 spiro atoms. The van der Waals surface area contributed by atoms with Crippen molar-refractivity contribution in [2.75, 3.05) is 13.7 Å². The molecule has 2 aromatic carbocycles. The first-order chi connectivity index (χ1) is 9.60. The SMILES string of the molecule is COc1ccc(C(O)COc2ccc(C)c(C)c2)cc1. The molecule has 1 atom stereocenters. The Labute approximate surface area is 119 Å². The first kappa shape index (κ1) is 14.4. The van der Waals surface area contributed by atoms with E-state index in [0.29, 0.717) is 0 Å². The zero-order chi connectivity index (χ0) is 14.5. The number of methoxy groups -OCH3 is 1. The van der Waals surface area contributed by atoms with Crippen LogP contribution >= 0.6 is 0 Å². The van der Waals surface area contributed by atoms with E-state index in [4.69, 9.17) is 9.47 Å². The third kappa shape index (κ3) is 3.52. The molecule has 3 nitrogen and oxygen atoms in total. The van der Waals surface area contributed by atoms with Gasteiger partial charge < -0.3 is 14.6 Å². The topological polar surface area (TPSA) is 38.7 Å². The maximum Gasteiger partial charge on any atom is 0.119 e. The number of hydrogen-bond acceptors (Lipinski definition) is 3. The minimum absolute atomic E-state index is 0.231. The van der Waals surface area contributed by atoms with Crippen LogP contribution in [-0.2, 0) is 0 Å². The molecule has 0 radical (unpaired) electrons. The number of aryl methyl sites for hydroxylation is 2. The van der Waals surface area contributed by atoms with E-state index in [1.807, 2.05) is 49.4 Å². The molecule has 3 heteroatoms. The molecule has 0 heterocycles. The van der Waals surface area contributed by atoms with Crippen LogP contribution in [0.5, 0.6) is 11.5 Å². The Hall–Kier alpha value is -2.00. The average molecular weight is 272 g/mol. The molecular formula is C17H20O3. The normalized spacial score (nSPS) is 12.0. The van der Waals surface area contributed by atoms with Crippen molar-refractivity contribution >= 4 is 0 Å². The first-order valence-electron chi connectivity index (χ1n) is 6.62. The van der Waals surface area contributed by atoms with E-state index in [1.165, 1.54) is 11.1 Å². The summed E-state index contributed by atoms with van der Waals surface area (Å²) in [5.74, 6) is 1.55. The summed E-state index contributed by atoms with van der Waals surface area (Å²) in [6.07, 6.45) is -0.650. The first-order valence-corrected chi connectivity index (χ1v) is 6.62. The quantitative estimate of drug-likeness (QED) is 0.906. The molecule has 0 aliphatic heterocycles. The standard InChI is InChI=1S/C17H20O3/c1-12-4-7-16(10-13(12)2)20-11-17(18)14-5-8-15(19-3)9-6-14/h4-10,17-18H,11H2,1-3H3. The fourth-order valence-electron chi connectivity index (χ4n) is 1.90. The van der Waals surface area contributed by atoms with Crippen LogP contribution in [0.25, 0.3) is 0 Å². The van der Waals surface area contributed by atoms with Gasteiger partial charge in [-0.15, -0.1) is 0 Å². The van der Waals surface area contributed by atoms with Gasteiger partial charge in [-0.3, -0.25) is 0 Å². The van der Waals surface area contributed by atoms with Gasteiger partial charge in [0.1, 0.15) is 24.2 Å². The fourth-order valence-corrected chi connectivity index (χ4v) is 1.90. The number of aliphatic hydroxyl groups excluding tert-OH is 1. The Morgan fingerprint density at radius 3 is 2.20 bits per heavy atom. The van der Waals surface area contributed by atoms with Gasteiger partial charge in [-0.1, -0.05) is 18.2 Å². The molecule has 0 saturated carbocycles. The molecule has 106 valence electrons. The summed E-state index contributed by atoms with van der Waals surface area (Å²) in [6.45, 7) is 4.34. The summed E-state index contributed by atoms with van der Waals surface area (Å²) < 4.78 is 10.7. The molecule has 0 bridgehead atoms. The Morgan fingerprint density at radius 1 is 0.950 bits per heavy atom. The van der Waals surface area contributed by atoms with Gasteiger partial charge >= 0.3 is 0 Å². The van der Waals surface area contributed by atoms with E-state index in [1.54, 1.807) is 7.11 Å². The van der Waals surface area contributed by atoms with Crippen LogP contribution < -0.4 is 9.47 Å². The molecule has 1 unspecified atom stereocenters. The Kier molecular flexibility index (Phi) is 4.64. The predicted molar refractivity (Wildman–Crippen MR) is 79.4 cm³/mol. The second kappa shape index (κ2) is 6.44. The average Bonchev–Trinajstić information content (AvgIpc) is 2.48. The Bertz CT molecular complexity index is 561. The summed E-state index contributed by atoms with van der Waals surface area (Å²) in [4.78, 5) is 0. The van der Waals surface area contributed by atoms with Gasteiger partial charge in [-0.25, -0.2) is 0 Å². The van der Waals surface area contributed by atoms with E-state index in [2.05, 4.69) is 6.92 Å². The van der Waals surface area contributed by atoms with Crippen LogP contribution in [0.15, 0.2) is 42.5 Å². The smallest absolute Gasteiger partial charge is 0.119 e. The van der Waals surface area contributed by atoms with Crippen molar-refractivity contribution in [3.63, 3.8) is 0 Å². The minimum atomic E-state index is -0.650. The third-order valence-electron chi connectivity index (χ3n) is 3.39. The van der Waals surface area contributed by atoms with Crippen LogP contribution in [-0.4, -0.2) is 18.8 Å². The van der Waals surface area contributed by atoms with E-state index in [9.17, 15) is 5.11 Å². The van der Waals surface area contributed by atoms with Crippen molar-refractivity contribution in [2.45, 2.75) is 20.0 Å². The van der Waals surface area contributed by atoms with Gasteiger partial charge in [0.15, 0.2) is 0 Å². The fraction of sp³-hybridized carbons (Fsp3) is 0.294. The molecule has 0 saturated heterocycles. The largest absolute Gasteiger partial charge is 0.497 e. The summed E-state index contributed by atoms with van der Waals surface area (Å²) in [5, 5.41) is 10.1. The Morgan fingerprint density at radius 2 is 1.60 bits per heavy atom. The summed E-state index contributed by atoms with van der Waals surface area (Å²) in [6, 6.07) is 13.3. The lowest BCUT2D eigenvalue weighted by molar-refractivity contribution is 0.108. The number of hydrogen-bond donors (Lipinski definition) is 1. The van der Waals surface area contributed by atoms with E-state index >= 15 is 0 Å². The maximum absolute atomic E-state index is 10.1. The van der Waals surface area contributed by atoms with Gasteiger partial charge in [0, 0.05) is 0 Å². The molecular weight excluding hydrogens is 252 g/mol. The second-order valence-electron chi connectivity index (χ2n) is 4.85. The summed E-state index contributed by atoms with van der Waals surface area (Å²) in [7, 11) is 1.62. The molecule has 2 rings (SSSR count). The zero-order valence-corrected chi connectivity index (χ0v) is 12.1. The number of benzene rings is 2. The molecule has 1 N–H and O–H groups in total. The molecule has 2 aromatic rings. The Balaban J connectivity index is 1.96. The maximum atomic E-state index is 10.1. The summed E-state index contributed by atoms with van der Waals surface area (Å²) in [5.41, 5.74) is 3.23. The van der Waals surface area contributed by atoms with E-state index in [0.717, 1.165) is 17.1 Å². The molecule has 0 aliphatic carbocycles. The molecule has 0 fully saturated rings. The predicted octanol–water partition coefficient (Wildman–Crippen LogP) is 3.42. The second-order valence-corrected chi connectivity index (χ2v) is 4.85. The van der Waals surface area contributed by atoms with Crippen molar-refractivity contribution in [2.24, 2.45) is 0 Å². The monoisotopic (exact) mass is 272 g/mol. The lowest BCUT2D eigenvalue weighted by Gasteiger charge is -2.14. The van der Waals surface area contributed by atoms with Crippen molar-refractivity contribution in [3.05, 3.63) is 59.2 Å². The van der Waals surface area contributed by atoms with E-state index in [-0.39, 0.29) is 6.61 Å². The number of rotatable bonds is 5. The van der Waals surface area contributed by atoms with Gasteiger partial charge in [0.2, 0.25) is 0 Å². The molecule has 0 aromatic heterocycles. The van der Waals surface area contributed by atoms with Crippen LogP contribution in [0.4, 0.5) is 0 Å². The van der Waals surface area contributed by atoms with Crippen molar-refractivity contribution in [1.29, 1.82) is 0 Å². The highest BCUT2D eigenvalue weighted by Crippen LogP contribution is 2.21. The van der Waals surface area contributed by atoms with Crippen molar-refractivity contribution in [3.8, 4) is 11.5 Å². The van der Waals surface area contributed by atoms with E-state index < -0.39 is 6.10 Å². The highest BCUT2D eigenvalue weighted by molar-refractivity contribution is 5.34. The summed E-state index contributed by atoms with van der Waals surface area (Å²) >= 11 is 0. The highest BCUT2D eigenvalue weighted by Gasteiger charge is 2.09. The molecule has 0 amide bonds. The van der Waals surface area contributed by atoms with Gasteiger partial charge in [-0.05, 0) is 54.8 Å². The molecule has 0 aliphatic rings. The van der Waals surface area contributed by atoms with Crippen LogP contribution in [0.2, 0.25) is 0 Å². The third-order valence-corrected chi connectivity index (χ3v) is 3.39. The lowest BCUT2D eigenvalue weighted by atomic mass is 10.1. The van der Waals surface area contributed by atoms with Crippen LogP contribution in [0.1, 0.15) is 22.8 Å².